The lowest BCUT2D eigenvalue weighted by Crippen LogP contribution is -2.42. The molecule has 5 heteroatoms. The molecule has 0 saturated carbocycles. The van der Waals surface area contributed by atoms with Crippen LogP contribution in [0.15, 0.2) is 42.5 Å². The molecule has 1 atom stereocenters. The van der Waals surface area contributed by atoms with Crippen LogP contribution in [0, 0.1) is 5.41 Å². The second-order valence-corrected chi connectivity index (χ2v) is 7.53. The zero-order chi connectivity index (χ0) is 18.9. The van der Waals surface area contributed by atoms with E-state index in [2.05, 4.69) is 23.5 Å². The molecule has 1 aliphatic carbocycles. The number of carbonyl (C=O) groups is 1. The number of phenols is 1. The molecule has 1 amide bonds. The van der Waals surface area contributed by atoms with E-state index in [0.29, 0.717) is 5.75 Å². The molecule has 1 saturated heterocycles. The molecule has 4 rings (SSSR count). The van der Waals surface area contributed by atoms with Crippen LogP contribution >= 0.6 is 0 Å². The van der Waals surface area contributed by atoms with Crippen molar-refractivity contribution in [2.75, 3.05) is 20.3 Å². The van der Waals surface area contributed by atoms with Gasteiger partial charge >= 0.3 is 0 Å². The maximum atomic E-state index is 12.8. The number of hydrogen-bond acceptors (Lipinski definition) is 4. The van der Waals surface area contributed by atoms with Gasteiger partial charge in [0.25, 0.3) is 0 Å². The molecule has 1 heterocycles. The highest BCUT2D eigenvalue weighted by molar-refractivity contribution is 5.79. The summed E-state index contributed by atoms with van der Waals surface area (Å²) >= 11 is 0. The van der Waals surface area contributed by atoms with E-state index in [4.69, 9.17) is 9.47 Å². The SMILES string of the molecule is COc1cc(CC(=O)NC2c3ccccc3CC23CCOCC3)ccc1O. The molecular formula is C22H25NO4. The van der Waals surface area contributed by atoms with Crippen LogP contribution in [0.2, 0.25) is 0 Å². The number of ether oxygens (including phenoxy) is 2. The Hall–Kier alpha value is -2.53. The number of nitrogens with one attached hydrogen (secondary N) is 1. The number of benzene rings is 2. The van der Waals surface area contributed by atoms with Gasteiger partial charge in [0.15, 0.2) is 11.5 Å². The first-order chi connectivity index (χ1) is 13.1. The standard InChI is InChI=1S/C22H25NO4/c1-26-19-12-15(6-7-18(19)24)13-20(25)23-21-17-5-3-2-4-16(17)14-22(21)8-10-27-11-9-22/h2-7,12,21,24H,8-11,13-14H2,1H3,(H,23,25). The van der Waals surface area contributed by atoms with Crippen LogP contribution < -0.4 is 10.1 Å². The molecule has 0 aromatic heterocycles. The number of fused-ring (bicyclic) bond motifs is 1. The van der Waals surface area contributed by atoms with Gasteiger partial charge < -0.3 is 19.9 Å². The van der Waals surface area contributed by atoms with Crippen LogP contribution in [-0.4, -0.2) is 31.3 Å². The summed E-state index contributed by atoms with van der Waals surface area (Å²) in [5.74, 6) is 0.440. The van der Waals surface area contributed by atoms with Gasteiger partial charge in [-0.1, -0.05) is 30.3 Å². The van der Waals surface area contributed by atoms with Gasteiger partial charge in [0, 0.05) is 18.6 Å². The summed E-state index contributed by atoms with van der Waals surface area (Å²) in [6.07, 6.45) is 3.16. The van der Waals surface area contributed by atoms with Gasteiger partial charge in [-0.15, -0.1) is 0 Å². The first kappa shape index (κ1) is 17.9. The van der Waals surface area contributed by atoms with Gasteiger partial charge in [0.1, 0.15) is 0 Å². The number of amides is 1. The molecule has 2 aliphatic rings. The molecule has 2 aromatic carbocycles. The number of methoxy groups -OCH3 is 1. The van der Waals surface area contributed by atoms with Crippen molar-refractivity contribution in [3.63, 3.8) is 0 Å². The number of hydrogen-bond donors (Lipinski definition) is 2. The minimum atomic E-state index is -0.0182. The van der Waals surface area contributed by atoms with Crippen LogP contribution in [0.5, 0.6) is 11.5 Å². The summed E-state index contributed by atoms with van der Waals surface area (Å²) in [5.41, 5.74) is 3.42. The summed E-state index contributed by atoms with van der Waals surface area (Å²) in [5, 5.41) is 13.0. The van der Waals surface area contributed by atoms with Crippen molar-refractivity contribution in [2.24, 2.45) is 5.41 Å². The van der Waals surface area contributed by atoms with Crippen molar-refractivity contribution in [1.82, 2.24) is 5.32 Å². The van der Waals surface area contributed by atoms with Gasteiger partial charge in [-0.05, 0) is 48.1 Å². The minimum absolute atomic E-state index is 0.0177. The lowest BCUT2D eigenvalue weighted by Gasteiger charge is -2.39. The second kappa shape index (κ2) is 7.24. The fourth-order valence-corrected chi connectivity index (χ4v) is 4.49. The average molecular weight is 367 g/mol. The minimum Gasteiger partial charge on any atom is -0.504 e. The third-order valence-electron chi connectivity index (χ3n) is 5.92. The predicted octanol–water partition coefficient (Wildman–Crippen LogP) is 3.15. The Morgan fingerprint density at radius 3 is 2.81 bits per heavy atom. The fourth-order valence-electron chi connectivity index (χ4n) is 4.49. The van der Waals surface area contributed by atoms with Crippen molar-refractivity contribution in [1.29, 1.82) is 0 Å². The van der Waals surface area contributed by atoms with Gasteiger partial charge in [-0.3, -0.25) is 4.79 Å². The molecule has 2 aromatic rings. The summed E-state index contributed by atoms with van der Waals surface area (Å²) in [6, 6.07) is 13.5. The molecule has 1 fully saturated rings. The maximum Gasteiger partial charge on any atom is 0.224 e. The Kier molecular flexibility index (Phi) is 4.79. The van der Waals surface area contributed by atoms with Crippen molar-refractivity contribution >= 4 is 5.91 Å². The molecule has 1 aliphatic heterocycles. The molecule has 1 spiro atoms. The first-order valence-electron chi connectivity index (χ1n) is 9.42. The van der Waals surface area contributed by atoms with E-state index in [1.54, 1.807) is 18.2 Å². The lowest BCUT2D eigenvalue weighted by molar-refractivity contribution is -0.122. The smallest absolute Gasteiger partial charge is 0.224 e. The zero-order valence-corrected chi connectivity index (χ0v) is 15.5. The van der Waals surface area contributed by atoms with Crippen LogP contribution in [0.1, 0.15) is 35.6 Å². The van der Waals surface area contributed by atoms with Crippen molar-refractivity contribution in [3.8, 4) is 11.5 Å². The fraction of sp³-hybridized carbons (Fsp3) is 0.409. The average Bonchev–Trinajstić information content (AvgIpc) is 2.96. The molecule has 1 unspecified atom stereocenters. The Labute approximate surface area is 159 Å². The van der Waals surface area contributed by atoms with Gasteiger partial charge in [0.2, 0.25) is 5.91 Å². The van der Waals surface area contributed by atoms with Gasteiger partial charge in [-0.25, -0.2) is 0 Å². The first-order valence-corrected chi connectivity index (χ1v) is 9.42. The third-order valence-corrected chi connectivity index (χ3v) is 5.92. The summed E-state index contributed by atoms with van der Waals surface area (Å²) in [4.78, 5) is 12.8. The Bertz CT molecular complexity index is 842. The van der Waals surface area contributed by atoms with E-state index in [-0.39, 0.29) is 29.5 Å². The van der Waals surface area contributed by atoms with E-state index >= 15 is 0 Å². The highest BCUT2D eigenvalue weighted by Crippen LogP contribution is 2.51. The highest BCUT2D eigenvalue weighted by Gasteiger charge is 2.47. The zero-order valence-electron chi connectivity index (χ0n) is 15.5. The Morgan fingerprint density at radius 2 is 2.04 bits per heavy atom. The molecule has 0 radical (unpaired) electrons. The molecule has 5 nitrogen and oxygen atoms in total. The quantitative estimate of drug-likeness (QED) is 0.871. The number of aromatic hydroxyl groups is 1. The van der Waals surface area contributed by atoms with E-state index in [1.165, 1.54) is 18.2 Å². The number of carbonyl (C=O) groups excluding carboxylic acids is 1. The highest BCUT2D eigenvalue weighted by atomic mass is 16.5. The topological polar surface area (TPSA) is 67.8 Å². The molecule has 27 heavy (non-hydrogen) atoms. The summed E-state index contributed by atoms with van der Waals surface area (Å²) in [7, 11) is 1.50. The largest absolute Gasteiger partial charge is 0.504 e. The monoisotopic (exact) mass is 367 g/mol. The van der Waals surface area contributed by atoms with E-state index in [9.17, 15) is 9.90 Å². The van der Waals surface area contributed by atoms with Crippen LogP contribution in [0.4, 0.5) is 0 Å². The summed E-state index contributed by atoms with van der Waals surface area (Å²) < 4.78 is 10.7. The molecular weight excluding hydrogens is 342 g/mol. The van der Waals surface area contributed by atoms with Crippen molar-refractivity contribution in [2.45, 2.75) is 31.7 Å². The van der Waals surface area contributed by atoms with Crippen LogP contribution in [0.25, 0.3) is 0 Å². The molecule has 142 valence electrons. The van der Waals surface area contributed by atoms with Crippen LogP contribution in [0.3, 0.4) is 0 Å². The maximum absolute atomic E-state index is 12.8. The Balaban J connectivity index is 1.55. The predicted molar refractivity (Wildman–Crippen MR) is 102 cm³/mol. The van der Waals surface area contributed by atoms with Crippen molar-refractivity contribution < 1.29 is 19.4 Å². The number of phenolic OH excluding ortho intramolecular Hbond substituents is 1. The lowest BCUT2D eigenvalue weighted by atomic mass is 9.74. The normalized spacial score (nSPS) is 20.3. The van der Waals surface area contributed by atoms with E-state index < -0.39 is 0 Å². The van der Waals surface area contributed by atoms with E-state index in [0.717, 1.165) is 38.0 Å². The number of rotatable bonds is 4. The van der Waals surface area contributed by atoms with E-state index in [1.807, 2.05) is 6.07 Å². The van der Waals surface area contributed by atoms with Gasteiger partial charge in [-0.2, -0.15) is 0 Å². The van der Waals surface area contributed by atoms with Gasteiger partial charge in [0.05, 0.1) is 19.6 Å². The molecule has 2 N–H and O–H groups in total. The molecule has 0 bridgehead atoms. The van der Waals surface area contributed by atoms with Crippen molar-refractivity contribution in [3.05, 3.63) is 59.2 Å². The third kappa shape index (κ3) is 3.39. The Morgan fingerprint density at radius 1 is 1.26 bits per heavy atom. The van der Waals surface area contributed by atoms with Crippen LogP contribution in [-0.2, 0) is 22.4 Å². The summed E-state index contributed by atoms with van der Waals surface area (Å²) in [6.45, 7) is 1.49. The second-order valence-electron chi connectivity index (χ2n) is 7.53.